The van der Waals surface area contributed by atoms with Crippen LogP contribution in [0, 0.1) is 0 Å². The van der Waals surface area contributed by atoms with Crippen LogP contribution in [0.3, 0.4) is 0 Å². The van der Waals surface area contributed by atoms with Gasteiger partial charge >= 0.3 is 0 Å². The standard InChI is InChI=1S/C14H18N2OS/c17-14(10-16-5-7-18-8-6-16)12-9-15-13-4-2-1-3-11(12)13/h1-4,9,14-15,17H,5-8,10H2/t14-/m0/s1. The summed E-state index contributed by atoms with van der Waals surface area (Å²) in [6, 6.07) is 8.14. The number of hydrogen-bond donors (Lipinski definition) is 2. The Bertz CT molecular complexity index is 519. The first kappa shape index (κ1) is 12.1. The molecule has 0 bridgehead atoms. The van der Waals surface area contributed by atoms with E-state index in [1.165, 1.54) is 11.5 Å². The number of nitrogens with zero attached hydrogens (tertiary/aromatic N) is 1. The molecule has 2 heterocycles. The van der Waals surface area contributed by atoms with Crippen molar-refractivity contribution >= 4 is 22.7 Å². The summed E-state index contributed by atoms with van der Waals surface area (Å²) in [6.07, 6.45) is 1.54. The summed E-state index contributed by atoms with van der Waals surface area (Å²) >= 11 is 2.00. The van der Waals surface area contributed by atoms with Crippen molar-refractivity contribution in [2.75, 3.05) is 31.1 Å². The van der Waals surface area contributed by atoms with Crippen molar-refractivity contribution in [3.63, 3.8) is 0 Å². The molecule has 2 N–H and O–H groups in total. The fourth-order valence-electron chi connectivity index (χ4n) is 2.50. The highest BCUT2D eigenvalue weighted by molar-refractivity contribution is 7.99. The van der Waals surface area contributed by atoms with Crippen LogP contribution in [0.5, 0.6) is 0 Å². The molecule has 1 aromatic carbocycles. The third-order valence-electron chi connectivity index (χ3n) is 3.52. The zero-order valence-electron chi connectivity index (χ0n) is 10.3. The number of β-amino-alcohol motifs (C(OH)–C–C–N with tert-alkyl or cyclic N) is 1. The van der Waals surface area contributed by atoms with Crippen molar-refractivity contribution < 1.29 is 5.11 Å². The molecule has 1 aliphatic rings. The molecular formula is C14H18N2OS. The third kappa shape index (κ3) is 2.41. The highest BCUT2D eigenvalue weighted by Gasteiger charge is 2.18. The highest BCUT2D eigenvalue weighted by Crippen LogP contribution is 2.25. The number of rotatable bonds is 3. The van der Waals surface area contributed by atoms with Gasteiger partial charge in [-0.2, -0.15) is 11.8 Å². The maximum Gasteiger partial charge on any atom is 0.0937 e. The van der Waals surface area contributed by atoms with E-state index in [0.29, 0.717) is 0 Å². The number of hydrogen-bond acceptors (Lipinski definition) is 3. The number of fused-ring (bicyclic) bond motifs is 1. The summed E-state index contributed by atoms with van der Waals surface area (Å²) in [7, 11) is 0. The maximum atomic E-state index is 10.4. The van der Waals surface area contributed by atoms with Crippen molar-refractivity contribution in [1.29, 1.82) is 0 Å². The quantitative estimate of drug-likeness (QED) is 0.891. The summed E-state index contributed by atoms with van der Waals surface area (Å²) in [5.74, 6) is 2.36. The fraction of sp³-hybridized carbons (Fsp3) is 0.429. The number of aromatic amines is 1. The van der Waals surface area contributed by atoms with Crippen molar-refractivity contribution in [2.24, 2.45) is 0 Å². The highest BCUT2D eigenvalue weighted by atomic mass is 32.2. The Morgan fingerprint density at radius 1 is 1.28 bits per heavy atom. The van der Waals surface area contributed by atoms with Gasteiger partial charge in [0.25, 0.3) is 0 Å². The number of aliphatic hydroxyl groups excluding tert-OH is 1. The SMILES string of the molecule is O[C@@H](CN1CCSCC1)c1c[nH]c2ccccc12. The Labute approximate surface area is 111 Å². The molecule has 0 saturated carbocycles. The largest absolute Gasteiger partial charge is 0.387 e. The predicted octanol–water partition coefficient (Wildman–Crippen LogP) is 2.25. The van der Waals surface area contributed by atoms with Gasteiger partial charge < -0.3 is 10.1 Å². The number of aliphatic hydroxyl groups is 1. The molecule has 1 aliphatic heterocycles. The molecule has 1 fully saturated rings. The molecule has 0 spiro atoms. The Balaban J connectivity index is 1.76. The van der Waals surface area contributed by atoms with Crippen LogP contribution < -0.4 is 0 Å². The van der Waals surface area contributed by atoms with Crippen LogP contribution in [0.4, 0.5) is 0 Å². The van der Waals surface area contributed by atoms with Gasteiger partial charge in [0.2, 0.25) is 0 Å². The average Bonchev–Trinajstić information content (AvgIpc) is 2.84. The van der Waals surface area contributed by atoms with E-state index in [-0.39, 0.29) is 0 Å². The molecule has 1 atom stereocenters. The molecule has 4 heteroatoms. The molecule has 1 aromatic heterocycles. The molecule has 96 valence electrons. The summed E-state index contributed by atoms with van der Waals surface area (Å²) in [5, 5.41) is 11.5. The normalized spacial score (nSPS) is 19.2. The van der Waals surface area contributed by atoms with E-state index < -0.39 is 6.10 Å². The summed E-state index contributed by atoms with van der Waals surface area (Å²) in [4.78, 5) is 5.57. The van der Waals surface area contributed by atoms with Crippen LogP contribution >= 0.6 is 11.8 Å². The Hall–Kier alpha value is -0.970. The van der Waals surface area contributed by atoms with E-state index >= 15 is 0 Å². The monoisotopic (exact) mass is 262 g/mol. The van der Waals surface area contributed by atoms with Gasteiger partial charge in [-0.05, 0) is 6.07 Å². The van der Waals surface area contributed by atoms with Gasteiger partial charge in [0.15, 0.2) is 0 Å². The first-order valence-electron chi connectivity index (χ1n) is 6.39. The van der Waals surface area contributed by atoms with E-state index in [9.17, 15) is 5.11 Å². The van der Waals surface area contributed by atoms with E-state index in [4.69, 9.17) is 0 Å². The van der Waals surface area contributed by atoms with Crippen molar-refractivity contribution in [1.82, 2.24) is 9.88 Å². The number of para-hydroxylation sites is 1. The summed E-state index contributed by atoms with van der Waals surface area (Å²) < 4.78 is 0. The molecular weight excluding hydrogens is 244 g/mol. The Morgan fingerprint density at radius 3 is 2.89 bits per heavy atom. The molecule has 18 heavy (non-hydrogen) atoms. The van der Waals surface area contributed by atoms with Crippen molar-refractivity contribution in [2.45, 2.75) is 6.10 Å². The zero-order chi connectivity index (χ0) is 12.4. The first-order valence-corrected chi connectivity index (χ1v) is 7.54. The number of benzene rings is 1. The lowest BCUT2D eigenvalue weighted by molar-refractivity contribution is 0.120. The van der Waals surface area contributed by atoms with Gasteiger partial charge in [-0.1, -0.05) is 18.2 Å². The topological polar surface area (TPSA) is 39.3 Å². The second-order valence-electron chi connectivity index (χ2n) is 4.72. The second kappa shape index (κ2) is 5.34. The molecule has 0 radical (unpaired) electrons. The molecule has 1 saturated heterocycles. The fourth-order valence-corrected chi connectivity index (χ4v) is 3.48. The predicted molar refractivity (Wildman–Crippen MR) is 77.0 cm³/mol. The summed E-state index contributed by atoms with van der Waals surface area (Å²) in [5.41, 5.74) is 2.12. The summed E-state index contributed by atoms with van der Waals surface area (Å²) in [6.45, 7) is 2.91. The van der Waals surface area contributed by atoms with Gasteiger partial charge in [0.1, 0.15) is 0 Å². The van der Waals surface area contributed by atoms with Gasteiger partial charge in [0.05, 0.1) is 6.10 Å². The van der Waals surface area contributed by atoms with E-state index in [1.54, 1.807) is 0 Å². The smallest absolute Gasteiger partial charge is 0.0937 e. The van der Waals surface area contributed by atoms with Gasteiger partial charge in [-0.25, -0.2) is 0 Å². The minimum absolute atomic E-state index is 0.399. The van der Waals surface area contributed by atoms with Crippen LogP contribution in [-0.2, 0) is 0 Å². The molecule has 2 aromatic rings. The van der Waals surface area contributed by atoms with Crippen molar-refractivity contribution in [3.05, 3.63) is 36.0 Å². The lowest BCUT2D eigenvalue weighted by Crippen LogP contribution is -2.35. The lowest BCUT2D eigenvalue weighted by atomic mass is 10.1. The number of thioether (sulfide) groups is 1. The van der Waals surface area contributed by atoms with Gasteiger partial charge in [0, 0.05) is 53.8 Å². The van der Waals surface area contributed by atoms with E-state index in [0.717, 1.165) is 36.1 Å². The maximum absolute atomic E-state index is 10.4. The number of H-pyrrole nitrogens is 1. The molecule has 3 rings (SSSR count). The van der Waals surface area contributed by atoms with Crippen LogP contribution in [0.2, 0.25) is 0 Å². The van der Waals surface area contributed by atoms with Crippen LogP contribution in [0.15, 0.2) is 30.5 Å². The molecule has 0 unspecified atom stereocenters. The van der Waals surface area contributed by atoms with Crippen LogP contribution in [0.1, 0.15) is 11.7 Å². The Morgan fingerprint density at radius 2 is 2.06 bits per heavy atom. The van der Waals surface area contributed by atoms with E-state index in [2.05, 4.69) is 16.0 Å². The van der Waals surface area contributed by atoms with Crippen LogP contribution in [0.25, 0.3) is 10.9 Å². The molecule has 0 aliphatic carbocycles. The Kier molecular flexibility index (Phi) is 3.59. The molecule has 3 nitrogen and oxygen atoms in total. The van der Waals surface area contributed by atoms with Crippen molar-refractivity contribution in [3.8, 4) is 0 Å². The number of nitrogens with one attached hydrogen (secondary N) is 1. The van der Waals surface area contributed by atoms with E-state index in [1.807, 2.05) is 36.2 Å². The number of aromatic nitrogens is 1. The average molecular weight is 262 g/mol. The minimum atomic E-state index is -0.399. The van der Waals surface area contributed by atoms with Gasteiger partial charge in [-0.15, -0.1) is 0 Å². The van der Waals surface area contributed by atoms with Gasteiger partial charge in [-0.3, -0.25) is 4.90 Å². The minimum Gasteiger partial charge on any atom is -0.387 e. The lowest BCUT2D eigenvalue weighted by Gasteiger charge is -2.28. The third-order valence-corrected chi connectivity index (χ3v) is 4.46. The van der Waals surface area contributed by atoms with Crippen LogP contribution in [-0.4, -0.2) is 46.1 Å². The second-order valence-corrected chi connectivity index (χ2v) is 5.94. The molecule has 0 amide bonds. The zero-order valence-corrected chi connectivity index (χ0v) is 11.1. The first-order chi connectivity index (χ1) is 8.84.